The normalized spacial score (nSPS) is 25.2. The van der Waals surface area contributed by atoms with Crippen LogP contribution < -0.4 is 0 Å². The molecule has 136 valence electrons. The molecule has 2 heterocycles. The predicted octanol–water partition coefficient (Wildman–Crippen LogP) is 2.07. The molecule has 6 heteroatoms. The van der Waals surface area contributed by atoms with Crippen molar-refractivity contribution < 1.29 is 23.8 Å². The Morgan fingerprint density at radius 3 is 2.71 bits per heavy atom. The standard InChI is InChI=1S/C18H29NO5/c1-2-6-16-14-23-18(21)15(13-17(20)24-16)7-4-3-5-8-19-9-11-22-12-10-19/h13,16H,2-12,14H2,1H3/b15-13+. The third-order valence-electron chi connectivity index (χ3n) is 4.37. The second kappa shape index (κ2) is 10.5. The number of ether oxygens (including phenoxy) is 3. The minimum atomic E-state index is -0.423. The van der Waals surface area contributed by atoms with Crippen LogP contribution in [-0.2, 0) is 23.8 Å². The van der Waals surface area contributed by atoms with E-state index >= 15 is 0 Å². The molecular weight excluding hydrogens is 310 g/mol. The van der Waals surface area contributed by atoms with Gasteiger partial charge in [-0.25, -0.2) is 9.59 Å². The summed E-state index contributed by atoms with van der Waals surface area (Å²) < 4.78 is 15.9. The van der Waals surface area contributed by atoms with E-state index in [1.807, 2.05) is 6.92 Å². The van der Waals surface area contributed by atoms with E-state index in [4.69, 9.17) is 14.2 Å². The van der Waals surface area contributed by atoms with Crippen LogP contribution in [-0.4, -0.2) is 62.4 Å². The van der Waals surface area contributed by atoms with Gasteiger partial charge in [0.25, 0.3) is 0 Å². The van der Waals surface area contributed by atoms with Crippen LogP contribution in [0.4, 0.5) is 0 Å². The lowest BCUT2D eigenvalue weighted by Crippen LogP contribution is -2.36. The quantitative estimate of drug-likeness (QED) is 0.498. The van der Waals surface area contributed by atoms with Gasteiger partial charge in [-0.2, -0.15) is 0 Å². The maximum absolute atomic E-state index is 12.1. The Hall–Kier alpha value is -1.40. The summed E-state index contributed by atoms with van der Waals surface area (Å²) in [4.78, 5) is 26.3. The molecule has 0 aromatic heterocycles. The van der Waals surface area contributed by atoms with Gasteiger partial charge in [0.1, 0.15) is 12.7 Å². The molecular formula is C18H29NO5. The summed E-state index contributed by atoms with van der Waals surface area (Å²) in [5.74, 6) is -0.797. The number of carbonyl (C=O) groups is 2. The van der Waals surface area contributed by atoms with Crippen molar-refractivity contribution in [3.63, 3.8) is 0 Å². The van der Waals surface area contributed by atoms with Crippen molar-refractivity contribution in [2.24, 2.45) is 0 Å². The SMILES string of the molecule is CCCC1COC(=O)/C(CCCCCN2CCOCC2)=C/C(=O)O1. The first-order valence-corrected chi connectivity index (χ1v) is 9.07. The smallest absolute Gasteiger partial charge is 0.334 e. The van der Waals surface area contributed by atoms with Gasteiger partial charge in [-0.15, -0.1) is 0 Å². The van der Waals surface area contributed by atoms with Crippen molar-refractivity contribution >= 4 is 11.9 Å². The Balaban J connectivity index is 1.70. The number of unbranched alkanes of at least 4 members (excludes halogenated alkanes) is 2. The number of nitrogens with zero attached hydrogens (tertiary/aromatic N) is 1. The molecule has 0 aromatic rings. The maximum atomic E-state index is 12.1. The van der Waals surface area contributed by atoms with Crippen LogP contribution in [0.25, 0.3) is 0 Å². The first-order chi connectivity index (χ1) is 11.7. The van der Waals surface area contributed by atoms with Crippen LogP contribution in [0, 0.1) is 0 Å². The van der Waals surface area contributed by atoms with E-state index in [0.717, 1.165) is 58.5 Å². The summed E-state index contributed by atoms with van der Waals surface area (Å²) in [7, 11) is 0. The van der Waals surface area contributed by atoms with E-state index in [2.05, 4.69) is 4.90 Å². The molecule has 2 rings (SSSR count). The Labute approximate surface area is 144 Å². The minimum absolute atomic E-state index is 0.160. The molecule has 0 aliphatic carbocycles. The Bertz CT molecular complexity index is 443. The van der Waals surface area contributed by atoms with Crippen LogP contribution in [0.15, 0.2) is 11.6 Å². The second-order valence-electron chi connectivity index (χ2n) is 6.38. The largest absolute Gasteiger partial charge is 0.458 e. The average Bonchev–Trinajstić information content (AvgIpc) is 2.58. The van der Waals surface area contributed by atoms with Gasteiger partial charge in [0.05, 0.1) is 13.2 Å². The summed E-state index contributed by atoms with van der Waals surface area (Å²) in [6, 6.07) is 0. The Morgan fingerprint density at radius 1 is 1.17 bits per heavy atom. The molecule has 0 bridgehead atoms. The van der Waals surface area contributed by atoms with E-state index in [1.54, 1.807) is 0 Å². The van der Waals surface area contributed by atoms with Crippen LogP contribution in [0.1, 0.15) is 45.4 Å². The summed E-state index contributed by atoms with van der Waals surface area (Å²) in [5.41, 5.74) is 0.432. The number of rotatable bonds is 8. The van der Waals surface area contributed by atoms with Crippen LogP contribution in [0.5, 0.6) is 0 Å². The fourth-order valence-electron chi connectivity index (χ4n) is 2.99. The highest BCUT2D eigenvalue weighted by atomic mass is 16.6. The molecule has 1 atom stereocenters. The first kappa shape index (κ1) is 18.9. The number of hydrogen-bond donors (Lipinski definition) is 0. The zero-order valence-corrected chi connectivity index (χ0v) is 14.6. The highest BCUT2D eigenvalue weighted by molar-refractivity contribution is 5.96. The molecule has 1 unspecified atom stereocenters. The van der Waals surface area contributed by atoms with Gasteiger partial charge < -0.3 is 14.2 Å². The van der Waals surface area contributed by atoms with E-state index in [-0.39, 0.29) is 18.7 Å². The van der Waals surface area contributed by atoms with Gasteiger partial charge in [-0.1, -0.05) is 19.8 Å². The number of cyclic esters (lactones) is 2. The zero-order valence-electron chi connectivity index (χ0n) is 14.6. The molecule has 24 heavy (non-hydrogen) atoms. The number of hydrogen-bond acceptors (Lipinski definition) is 6. The summed E-state index contributed by atoms with van der Waals surface area (Å²) in [6.07, 6.45) is 6.14. The Morgan fingerprint density at radius 2 is 1.96 bits per heavy atom. The third kappa shape index (κ3) is 6.61. The van der Waals surface area contributed by atoms with Crippen molar-refractivity contribution in [1.29, 1.82) is 0 Å². The highest BCUT2D eigenvalue weighted by Crippen LogP contribution is 2.16. The van der Waals surface area contributed by atoms with E-state index < -0.39 is 5.97 Å². The zero-order chi connectivity index (χ0) is 17.2. The number of carbonyl (C=O) groups excluding carboxylic acids is 2. The predicted molar refractivity (Wildman–Crippen MR) is 89.6 cm³/mol. The Kier molecular flexibility index (Phi) is 8.25. The van der Waals surface area contributed by atoms with Crippen molar-refractivity contribution in [3.05, 3.63) is 11.6 Å². The van der Waals surface area contributed by atoms with Crippen LogP contribution in [0.2, 0.25) is 0 Å². The molecule has 0 amide bonds. The molecule has 2 aliphatic heterocycles. The number of morpholine rings is 1. The second-order valence-corrected chi connectivity index (χ2v) is 6.38. The van der Waals surface area contributed by atoms with Crippen molar-refractivity contribution in [2.75, 3.05) is 39.5 Å². The third-order valence-corrected chi connectivity index (χ3v) is 4.37. The lowest BCUT2D eigenvalue weighted by molar-refractivity contribution is -0.156. The van der Waals surface area contributed by atoms with E-state index in [1.165, 1.54) is 6.08 Å². The first-order valence-electron chi connectivity index (χ1n) is 9.07. The number of esters is 2. The molecule has 0 aromatic carbocycles. The maximum Gasteiger partial charge on any atom is 0.334 e. The van der Waals surface area contributed by atoms with Gasteiger partial charge in [0.15, 0.2) is 0 Å². The van der Waals surface area contributed by atoms with Gasteiger partial charge in [0.2, 0.25) is 0 Å². The van der Waals surface area contributed by atoms with E-state index in [9.17, 15) is 9.59 Å². The summed E-state index contributed by atoms with van der Waals surface area (Å²) in [6.45, 7) is 6.87. The van der Waals surface area contributed by atoms with Gasteiger partial charge in [-0.05, 0) is 32.2 Å². The van der Waals surface area contributed by atoms with Gasteiger partial charge >= 0.3 is 11.9 Å². The van der Waals surface area contributed by atoms with Crippen molar-refractivity contribution in [3.8, 4) is 0 Å². The minimum Gasteiger partial charge on any atom is -0.458 e. The molecule has 0 spiro atoms. The van der Waals surface area contributed by atoms with E-state index in [0.29, 0.717) is 18.4 Å². The summed E-state index contributed by atoms with van der Waals surface area (Å²) >= 11 is 0. The molecule has 6 nitrogen and oxygen atoms in total. The summed E-state index contributed by atoms with van der Waals surface area (Å²) in [5, 5.41) is 0. The molecule has 0 N–H and O–H groups in total. The molecule has 1 fully saturated rings. The van der Waals surface area contributed by atoms with Crippen LogP contribution >= 0.6 is 0 Å². The van der Waals surface area contributed by atoms with Crippen LogP contribution in [0.3, 0.4) is 0 Å². The van der Waals surface area contributed by atoms with Gasteiger partial charge in [-0.3, -0.25) is 4.90 Å². The fraction of sp³-hybridized carbons (Fsp3) is 0.778. The lowest BCUT2D eigenvalue weighted by Gasteiger charge is -2.26. The highest BCUT2D eigenvalue weighted by Gasteiger charge is 2.22. The van der Waals surface area contributed by atoms with Gasteiger partial charge in [0, 0.05) is 24.7 Å². The molecule has 2 aliphatic rings. The molecule has 1 saturated heterocycles. The molecule has 0 radical (unpaired) electrons. The lowest BCUT2D eigenvalue weighted by atomic mass is 10.1. The van der Waals surface area contributed by atoms with Crippen molar-refractivity contribution in [2.45, 2.75) is 51.6 Å². The topological polar surface area (TPSA) is 65.1 Å². The van der Waals surface area contributed by atoms with Crippen molar-refractivity contribution in [1.82, 2.24) is 4.90 Å². The fourth-order valence-corrected chi connectivity index (χ4v) is 2.99. The monoisotopic (exact) mass is 339 g/mol. The molecule has 0 saturated carbocycles. The average molecular weight is 339 g/mol.